The molecule has 0 fully saturated rings. The van der Waals surface area contributed by atoms with Gasteiger partial charge in [-0.2, -0.15) is 0 Å². The number of allylic oxidation sites excluding steroid dienone is 1. The highest BCUT2D eigenvalue weighted by Crippen LogP contribution is 2.37. The van der Waals surface area contributed by atoms with Crippen LogP contribution in [0.2, 0.25) is 10.3 Å². The molecule has 1 unspecified atom stereocenters. The van der Waals surface area contributed by atoms with Gasteiger partial charge in [0.15, 0.2) is 0 Å². The summed E-state index contributed by atoms with van der Waals surface area (Å²) in [7, 11) is 0. The van der Waals surface area contributed by atoms with Crippen LogP contribution in [0.5, 0.6) is 0 Å². The van der Waals surface area contributed by atoms with Crippen LogP contribution in [-0.4, -0.2) is 4.57 Å². The monoisotopic (exact) mass is 498 g/mol. The number of nitrogens with zero attached hydrogens (tertiary/aromatic N) is 2. The second-order valence-corrected chi connectivity index (χ2v) is 8.76. The number of aromatic nitrogens is 2. The second kappa shape index (κ2) is 11.6. The van der Waals surface area contributed by atoms with Crippen LogP contribution in [-0.2, 0) is 18.5 Å². The number of rotatable bonds is 10. The summed E-state index contributed by atoms with van der Waals surface area (Å²) in [6.45, 7) is 5.42. The first-order valence-electron chi connectivity index (χ1n) is 10.8. The lowest BCUT2D eigenvalue weighted by molar-refractivity contribution is -0.695. The molecule has 1 atom stereocenters. The van der Waals surface area contributed by atoms with Crippen LogP contribution in [0.3, 0.4) is 0 Å². The fourth-order valence-corrected chi connectivity index (χ4v) is 4.77. The zero-order valence-electron chi connectivity index (χ0n) is 17.6. The molecule has 1 aliphatic carbocycles. The van der Waals surface area contributed by atoms with Gasteiger partial charge in [-0.1, -0.05) is 76.3 Å². The molecule has 2 nitrogen and oxygen atoms in total. The molecule has 3 rings (SSSR count). The lowest BCUT2D eigenvalue weighted by Crippen LogP contribution is -3.00. The van der Waals surface area contributed by atoms with Crippen molar-refractivity contribution >= 4 is 29.3 Å². The lowest BCUT2D eigenvalue weighted by atomic mass is 9.81. The molecule has 0 N–H and O–H groups in total. The number of hydrogen-bond donors (Lipinski definition) is 0. The predicted molar refractivity (Wildman–Crippen MR) is 120 cm³/mol. The summed E-state index contributed by atoms with van der Waals surface area (Å²) in [5.74, 6) is 0. The standard InChI is InChI=1S/C24H33Cl2N2.BrH/c1-3-5-6-7-8-9-12-17-27-19-28(23(26)22(27)25)24(4-2)16-15-20-13-10-11-14-21(20)18-24;/h10-11,13-16,19H,3-9,12,17-18H2,1-2H3;1H/q+1;/p-1. The van der Waals surface area contributed by atoms with Crippen LogP contribution in [0.1, 0.15) is 76.3 Å². The molecule has 0 amide bonds. The van der Waals surface area contributed by atoms with E-state index in [4.69, 9.17) is 23.2 Å². The number of benzene rings is 1. The van der Waals surface area contributed by atoms with Gasteiger partial charge < -0.3 is 17.0 Å². The molecule has 0 aliphatic heterocycles. The third kappa shape index (κ3) is 5.68. The molecule has 29 heavy (non-hydrogen) atoms. The summed E-state index contributed by atoms with van der Waals surface area (Å²) in [5.41, 5.74) is 2.52. The maximum absolute atomic E-state index is 6.72. The van der Waals surface area contributed by atoms with Gasteiger partial charge in [0.1, 0.15) is 5.54 Å². The largest absolute Gasteiger partial charge is 1.00 e. The van der Waals surface area contributed by atoms with Gasteiger partial charge >= 0.3 is 0 Å². The van der Waals surface area contributed by atoms with Crippen LogP contribution in [0, 0.1) is 0 Å². The van der Waals surface area contributed by atoms with Crippen molar-refractivity contribution in [3.63, 3.8) is 0 Å². The fraction of sp³-hybridized carbons (Fsp3) is 0.542. The van der Waals surface area contributed by atoms with E-state index in [9.17, 15) is 0 Å². The Balaban J connectivity index is 0.00000300. The van der Waals surface area contributed by atoms with Gasteiger partial charge in [0, 0.05) is 6.42 Å². The zero-order chi connectivity index (χ0) is 20.0. The fourth-order valence-electron chi connectivity index (χ4n) is 4.23. The summed E-state index contributed by atoms with van der Waals surface area (Å²) < 4.78 is 4.31. The van der Waals surface area contributed by atoms with Crippen molar-refractivity contribution in [3.8, 4) is 0 Å². The highest BCUT2D eigenvalue weighted by atomic mass is 79.9. The molecule has 160 valence electrons. The Morgan fingerprint density at radius 1 is 1.00 bits per heavy atom. The Bertz CT molecular complexity index is 815. The molecule has 0 radical (unpaired) electrons. The zero-order valence-corrected chi connectivity index (χ0v) is 20.7. The van der Waals surface area contributed by atoms with Gasteiger partial charge in [0.05, 0.1) is 6.54 Å². The average Bonchev–Trinajstić information content (AvgIpc) is 3.01. The first-order chi connectivity index (χ1) is 13.6. The molecule has 0 bridgehead atoms. The van der Waals surface area contributed by atoms with Crippen molar-refractivity contribution in [1.29, 1.82) is 0 Å². The Hall–Kier alpha value is -0.770. The Morgan fingerprint density at radius 3 is 2.41 bits per heavy atom. The topological polar surface area (TPSA) is 8.81 Å². The molecule has 5 heteroatoms. The first-order valence-corrected chi connectivity index (χ1v) is 11.6. The molecule has 0 saturated heterocycles. The normalized spacial score (nSPS) is 17.8. The van der Waals surface area contributed by atoms with Gasteiger partial charge in [-0.05, 0) is 59.7 Å². The number of fused-ring (bicyclic) bond motifs is 1. The summed E-state index contributed by atoms with van der Waals surface area (Å²) >= 11 is 13.3. The van der Waals surface area contributed by atoms with Crippen LogP contribution in [0.4, 0.5) is 0 Å². The van der Waals surface area contributed by atoms with Crippen molar-refractivity contribution in [3.05, 3.63) is 58.1 Å². The van der Waals surface area contributed by atoms with Gasteiger partial charge in [0.2, 0.25) is 6.33 Å². The maximum atomic E-state index is 6.72. The van der Waals surface area contributed by atoms with Crippen molar-refractivity contribution < 1.29 is 21.5 Å². The first kappa shape index (κ1) is 24.5. The van der Waals surface area contributed by atoms with E-state index in [1.54, 1.807) is 0 Å². The Morgan fingerprint density at radius 2 is 1.69 bits per heavy atom. The molecule has 0 saturated carbocycles. The number of hydrogen-bond acceptors (Lipinski definition) is 0. The third-order valence-corrected chi connectivity index (χ3v) is 6.96. The third-order valence-electron chi connectivity index (χ3n) is 6.11. The summed E-state index contributed by atoms with van der Waals surface area (Å²) in [5, 5.41) is 1.31. The van der Waals surface area contributed by atoms with E-state index in [0.717, 1.165) is 25.8 Å². The number of imidazole rings is 1. The number of aryl methyl sites for hydroxylation is 1. The number of halogens is 3. The average molecular weight is 500 g/mol. The highest BCUT2D eigenvalue weighted by Gasteiger charge is 2.39. The minimum absolute atomic E-state index is 0. The van der Waals surface area contributed by atoms with Crippen LogP contribution < -0.4 is 21.5 Å². The van der Waals surface area contributed by atoms with Crippen molar-refractivity contribution in [2.75, 3.05) is 0 Å². The Labute approximate surface area is 196 Å². The highest BCUT2D eigenvalue weighted by molar-refractivity contribution is 6.39. The SMILES string of the molecule is CCCCCCCCC[n+]1cn(C2(CC)C=Cc3ccccc3C2)c(Cl)c1Cl.[Br-]. The minimum Gasteiger partial charge on any atom is -1.00 e. The second-order valence-electron chi connectivity index (χ2n) is 8.05. The molecule has 2 aromatic rings. The van der Waals surface area contributed by atoms with Crippen molar-refractivity contribution in [2.45, 2.75) is 83.7 Å². The predicted octanol–water partition coefficient (Wildman–Crippen LogP) is 4.21. The molecule has 1 heterocycles. The van der Waals surface area contributed by atoms with Gasteiger partial charge in [-0.15, -0.1) is 0 Å². The van der Waals surface area contributed by atoms with Crippen molar-refractivity contribution in [2.24, 2.45) is 0 Å². The molecule has 1 aromatic heterocycles. The van der Waals surface area contributed by atoms with Crippen LogP contribution in [0.25, 0.3) is 6.08 Å². The van der Waals surface area contributed by atoms with E-state index < -0.39 is 0 Å². The Kier molecular flexibility index (Phi) is 9.78. The van der Waals surface area contributed by atoms with E-state index in [-0.39, 0.29) is 22.5 Å². The maximum Gasteiger partial charge on any atom is 0.255 e. The van der Waals surface area contributed by atoms with E-state index in [2.05, 4.69) is 65.7 Å². The lowest BCUT2D eigenvalue weighted by Gasteiger charge is -2.30. The molecule has 0 spiro atoms. The van der Waals surface area contributed by atoms with E-state index in [1.807, 2.05) is 0 Å². The van der Waals surface area contributed by atoms with E-state index >= 15 is 0 Å². The molecular weight excluding hydrogens is 467 g/mol. The quantitative estimate of drug-likeness (QED) is 0.342. The number of unbranched alkanes of at least 4 members (excludes halogenated alkanes) is 6. The molecular formula is C24H33BrCl2N2. The summed E-state index contributed by atoms with van der Waals surface area (Å²) in [4.78, 5) is 0. The van der Waals surface area contributed by atoms with Crippen molar-refractivity contribution in [1.82, 2.24) is 4.57 Å². The molecule has 1 aromatic carbocycles. The summed E-state index contributed by atoms with van der Waals surface area (Å²) in [6.07, 6.45) is 17.6. The van der Waals surface area contributed by atoms with E-state index in [1.165, 1.54) is 49.7 Å². The van der Waals surface area contributed by atoms with Crippen LogP contribution >= 0.6 is 23.2 Å². The molecule has 1 aliphatic rings. The van der Waals surface area contributed by atoms with Gasteiger partial charge in [-0.3, -0.25) is 0 Å². The summed E-state index contributed by atoms with van der Waals surface area (Å²) in [6, 6.07) is 8.60. The van der Waals surface area contributed by atoms with Gasteiger partial charge in [0.25, 0.3) is 10.3 Å². The van der Waals surface area contributed by atoms with E-state index in [0.29, 0.717) is 10.3 Å². The smallest absolute Gasteiger partial charge is 0.255 e. The van der Waals surface area contributed by atoms with Crippen LogP contribution in [0.15, 0.2) is 36.7 Å². The van der Waals surface area contributed by atoms with Gasteiger partial charge in [-0.25, -0.2) is 9.13 Å². The minimum atomic E-state index is -0.152.